The van der Waals surface area contributed by atoms with E-state index in [4.69, 9.17) is 15.4 Å². The van der Waals surface area contributed by atoms with E-state index in [1.54, 1.807) is 12.1 Å². The number of nitrogens with zero attached hydrogens (tertiary/aromatic N) is 1. The van der Waals surface area contributed by atoms with Gasteiger partial charge in [-0.2, -0.15) is 0 Å². The molecule has 94 valence electrons. The number of carbonyl (C=O) groups excluding carboxylic acids is 1. The molecular formula is C12H13N3O3. The average molecular weight is 247 g/mol. The number of benzene rings is 1. The Kier molecular flexibility index (Phi) is 3.59. The van der Waals surface area contributed by atoms with E-state index in [0.717, 1.165) is 5.56 Å². The molecule has 0 spiro atoms. The van der Waals surface area contributed by atoms with Crippen molar-refractivity contribution in [2.75, 3.05) is 18.9 Å². The lowest BCUT2D eigenvalue weighted by atomic mass is 10.1. The minimum atomic E-state index is -0.415. The Hall–Kier alpha value is -2.34. The molecule has 6 nitrogen and oxygen atoms in total. The first-order chi connectivity index (χ1) is 8.74. The van der Waals surface area contributed by atoms with Gasteiger partial charge in [0.2, 0.25) is 5.88 Å². The molecule has 0 saturated carbocycles. The van der Waals surface area contributed by atoms with Crippen molar-refractivity contribution in [1.29, 1.82) is 0 Å². The molecule has 0 unspecified atom stereocenters. The maximum atomic E-state index is 11.9. The van der Waals surface area contributed by atoms with Crippen molar-refractivity contribution in [2.24, 2.45) is 0 Å². The van der Waals surface area contributed by atoms with Crippen molar-refractivity contribution in [3.05, 3.63) is 35.9 Å². The smallest absolute Gasteiger partial charge is 0.259 e. The predicted octanol–water partition coefficient (Wildman–Crippen LogP) is 0.646. The Bertz CT molecular complexity index is 537. The summed E-state index contributed by atoms with van der Waals surface area (Å²) in [6.07, 6.45) is 0. The summed E-state index contributed by atoms with van der Waals surface area (Å²) in [4.78, 5) is 11.9. The standard InChI is InChI=1S/C12H13N3O3/c13-11-9(12(17)14-6-7-16)10(15-18-11)8-4-2-1-3-5-8/h1-5,16H,6-7,13H2,(H,14,17). The number of nitrogens with two attached hydrogens (primary N) is 1. The second kappa shape index (κ2) is 5.33. The number of hydrogen-bond acceptors (Lipinski definition) is 5. The Morgan fingerprint density at radius 2 is 2.11 bits per heavy atom. The third-order valence-electron chi connectivity index (χ3n) is 2.39. The summed E-state index contributed by atoms with van der Waals surface area (Å²) in [6.45, 7) is 0.00920. The number of rotatable bonds is 4. The molecule has 0 fully saturated rings. The number of carbonyl (C=O) groups is 1. The lowest BCUT2D eigenvalue weighted by molar-refractivity contribution is 0.0946. The van der Waals surface area contributed by atoms with Gasteiger partial charge >= 0.3 is 0 Å². The van der Waals surface area contributed by atoms with Gasteiger partial charge in [0, 0.05) is 12.1 Å². The zero-order chi connectivity index (χ0) is 13.0. The van der Waals surface area contributed by atoms with Crippen LogP contribution in [0.25, 0.3) is 11.3 Å². The van der Waals surface area contributed by atoms with Crippen molar-refractivity contribution in [3.8, 4) is 11.3 Å². The number of nitrogen functional groups attached to an aromatic ring is 1. The van der Waals surface area contributed by atoms with Crippen LogP contribution in [0.3, 0.4) is 0 Å². The third kappa shape index (κ3) is 2.33. The largest absolute Gasteiger partial charge is 0.395 e. The summed E-state index contributed by atoms with van der Waals surface area (Å²) in [5, 5.41) is 15.0. The Balaban J connectivity index is 2.36. The summed E-state index contributed by atoms with van der Waals surface area (Å²) < 4.78 is 4.86. The van der Waals surface area contributed by atoms with E-state index >= 15 is 0 Å². The van der Waals surface area contributed by atoms with E-state index in [1.807, 2.05) is 18.2 Å². The molecule has 0 aliphatic carbocycles. The highest BCUT2D eigenvalue weighted by Crippen LogP contribution is 2.26. The van der Waals surface area contributed by atoms with Crippen LogP contribution in [0.2, 0.25) is 0 Å². The van der Waals surface area contributed by atoms with E-state index in [1.165, 1.54) is 0 Å². The molecule has 1 aromatic heterocycles. The minimum absolute atomic E-state index is 0.0377. The molecule has 0 aliphatic heterocycles. The minimum Gasteiger partial charge on any atom is -0.395 e. The van der Waals surface area contributed by atoms with Gasteiger partial charge in [-0.1, -0.05) is 35.5 Å². The topological polar surface area (TPSA) is 101 Å². The van der Waals surface area contributed by atoms with E-state index in [2.05, 4.69) is 10.5 Å². The average Bonchev–Trinajstić information content (AvgIpc) is 2.79. The molecule has 2 aromatic rings. The number of aliphatic hydroxyl groups excluding tert-OH is 1. The molecule has 0 radical (unpaired) electrons. The SMILES string of the molecule is Nc1onc(-c2ccccc2)c1C(=O)NCCO. The van der Waals surface area contributed by atoms with Crippen molar-refractivity contribution >= 4 is 11.8 Å². The first-order valence-corrected chi connectivity index (χ1v) is 5.43. The maximum Gasteiger partial charge on any atom is 0.259 e. The second-order valence-electron chi connectivity index (χ2n) is 3.62. The Morgan fingerprint density at radius 3 is 2.78 bits per heavy atom. The third-order valence-corrected chi connectivity index (χ3v) is 2.39. The summed E-state index contributed by atoms with van der Waals surface area (Å²) >= 11 is 0. The van der Waals surface area contributed by atoms with E-state index in [0.29, 0.717) is 5.69 Å². The summed E-state index contributed by atoms with van der Waals surface area (Å²) in [5.74, 6) is -0.453. The van der Waals surface area contributed by atoms with E-state index in [9.17, 15) is 4.79 Å². The van der Waals surface area contributed by atoms with Gasteiger partial charge in [0.25, 0.3) is 5.91 Å². The molecule has 1 heterocycles. The highest BCUT2D eigenvalue weighted by Gasteiger charge is 2.21. The summed E-state index contributed by atoms with van der Waals surface area (Å²) in [6, 6.07) is 9.13. The highest BCUT2D eigenvalue weighted by molar-refractivity contribution is 6.03. The predicted molar refractivity (Wildman–Crippen MR) is 65.8 cm³/mol. The number of amides is 1. The number of aromatic nitrogens is 1. The molecular weight excluding hydrogens is 234 g/mol. The quantitative estimate of drug-likeness (QED) is 0.736. The second-order valence-corrected chi connectivity index (χ2v) is 3.62. The van der Waals surface area contributed by atoms with Gasteiger partial charge in [-0.3, -0.25) is 4.79 Å². The van der Waals surface area contributed by atoms with Gasteiger partial charge in [-0.25, -0.2) is 0 Å². The first-order valence-electron chi connectivity index (χ1n) is 5.43. The Morgan fingerprint density at radius 1 is 1.39 bits per heavy atom. The van der Waals surface area contributed by atoms with Crippen LogP contribution in [0.1, 0.15) is 10.4 Å². The fourth-order valence-electron chi connectivity index (χ4n) is 1.57. The lowest BCUT2D eigenvalue weighted by Gasteiger charge is -2.03. The molecule has 0 bridgehead atoms. The van der Waals surface area contributed by atoms with Crippen LogP contribution >= 0.6 is 0 Å². The van der Waals surface area contributed by atoms with Gasteiger partial charge in [0.05, 0.1) is 6.61 Å². The Labute approximate surface area is 103 Å². The van der Waals surface area contributed by atoms with Gasteiger partial charge in [0.15, 0.2) is 0 Å². The molecule has 0 aliphatic rings. The van der Waals surface area contributed by atoms with Crippen molar-refractivity contribution in [3.63, 3.8) is 0 Å². The van der Waals surface area contributed by atoms with Gasteiger partial charge in [-0.05, 0) is 0 Å². The van der Waals surface area contributed by atoms with Crippen LogP contribution < -0.4 is 11.1 Å². The van der Waals surface area contributed by atoms with Gasteiger partial charge in [0.1, 0.15) is 11.3 Å². The zero-order valence-corrected chi connectivity index (χ0v) is 9.59. The van der Waals surface area contributed by atoms with Crippen LogP contribution in [0, 0.1) is 0 Å². The van der Waals surface area contributed by atoms with Crippen molar-refractivity contribution < 1.29 is 14.4 Å². The van der Waals surface area contributed by atoms with E-state index < -0.39 is 5.91 Å². The number of nitrogens with one attached hydrogen (secondary N) is 1. The molecule has 1 amide bonds. The molecule has 4 N–H and O–H groups in total. The fraction of sp³-hybridized carbons (Fsp3) is 0.167. The van der Waals surface area contributed by atoms with Gasteiger partial charge in [-0.15, -0.1) is 0 Å². The van der Waals surface area contributed by atoms with Crippen LogP contribution in [0.5, 0.6) is 0 Å². The molecule has 0 atom stereocenters. The van der Waals surface area contributed by atoms with Crippen molar-refractivity contribution in [1.82, 2.24) is 10.5 Å². The molecule has 2 rings (SSSR count). The van der Waals surface area contributed by atoms with Gasteiger partial charge < -0.3 is 20.7 Å². The van der Waals surface area contributed by atoms with Crippen LogP contribution in [-0.2, 0) is 0 Å². The number of anilines is 1. The van der Waals surface area contributed by atoms with Crippen molar-refractivity contribution in [2.45, 2.75) is 0 Å². The zero-order valence-electron chi connectivity index (χ0n) is 9.59. The van der Waals surface area contributed by atoms with Crippen LogP contribution in [-0.4, -0.2) is 29.3 Å². The normalized spacial score (nSPS) is 10.3. The number of hydrogen-bond donors (Lipinski definition) is 3. The molecule has 1 aromatic carbocycles. The lowest BCUT2D eigenvalue weighted by Crippen LogP contribution is -2.27. The molecule has 6 heteroatoms. The molecule has 18 heavy (non-hydrogen) atoms. The monoisotopic (exact) mass is 247 g/mol. The van der Waals surface area contributed by atoms with Crippen LogP contribution in [0.15, 0.2) is 34.9 Å². The maximum absolute atomic E-state index is 11.9. The summed E-state index contributed by atoms with van der Waals surface area (Å²) in [7, 11) is 0. The highest BCUT2D eigenvalue weighted by atomic mass is 16.5. The van der Waals surface area contributed by atoms with E-state index in [-0.39, 0.29) is 24.6 Å². The van der Waals surface area contributed by atoms with Crippen LogP contribution in [0.4, 0.5) is 5.88 Å². The first kappa shape index (κ1) is 12.1. The fourth-order valence-corrected chi connectivity index (χ4v) is 1.57. The molecule has 0 saturated heterocycles. The summed E-state index contributed by atoms with van der Waals surface area (Å²) in [5.41, 5.74) is 6.92. The number of aliphatic hydroxyl groups is 1.